The quantitative estimate of drug-likeness (QED) is 0.845. The molecular weight excluding hydrogens is 327 g/mol. The first kappa shape index (κ1) is 16.5. The summed E-state index contributed by atoms with van der Waals surface area (Å²) >= 11 is 5.32. The zero-order valence-electron chi connectivity index (χ0n) is 12.9. The lowest BCUT2D eigenvalue weighted by molar-refractivity contribution is -0.158. The van der Waals surface area contributed by atoms with Gasteiger partial charge in [-0.2, -0.15) is 0 Å². The van der Waals surface area contributed by atoms with Crippen molar-refractivity contribution in [2.75, 3.05) is 6.61 Å². The molecule has 1 aliphatic heterocycles. The molecule has 3 rings (SSSR count). The van der Waals surface area contributed by atoms with Gasteiger partial charge in [0.2, 0.25) is 5.11 Å². The molecule has 1 N–H and O–H groups in total. The highest BCUT2D eigenvalue weighted by atomic mass is 32.1. The van der Waals surface area contributed by atoms with E-state index in [1.54, 1.807) is 42.5 Å². The fourth-order valence-electron chi connectivity index (χ4n) is 2.69. The summed E-state index contributed by atoms with van der Waals surface area (Å²) in [5, 5.41) is 4.22. The molecule has 1 amide bonds. The molecule has 6 heteroatoms. The smallest absolute Gasteiger partial charge is 0.257 e. The maximum atomic E-state index is 14.1. The molecule has 24 heavy (non-hydrogen) atoms. The van der Waals surface area contributed by atoms with E-state index in [1.165, 1.54) is 11.1 Å². The zero-order valence-corrected chi connectivity index (χ0v) is 13.8. The van der Waals surface area contributed by atoms with Crippen LogP contribution in [0.2, 0.25) is 0 Å². The molecule has 1 heterocycles. The Labute approximate surface area is 145 Å². The van der Waals surface area contributed by atoms with Gasteiger partial charge in [0.05, 0.1) is 12.6 Å². The van der Waals surface area contributed by atoms with Crippen LogP contribution in [0, 0.1) is 5.82 Å². The lowest BCUT2D eigenvalue weighted by Crippen LogP contribution is -2.46. The average molecular weight is 344 g/mol. The van der Waals surface area contributed by atoms with Crippen LogP contribution >= 0.6 is 12.2 Å². The predicted octanol–water partition coefficient (Wildman–Crippen LogP) is 3.61. The summed E-state index contributed by atoms with van der Waals surface area (Å²) in [6.07, 6.45) is 1.49. The van der Waals surface area contributed by atoms with Crippen molar-refractivity contribution < 1.29 is 14.0 Å². The minimum absolute atomic E-state index is 0.136. The first-order valence-electron chi connectivity index (χ1n) is 7.74. The average Bonchev–Trinajstić information content (AvgIpc) is 2.63. The van der Waals surface area contributed by atoms with Gasteiger partial charge in [-0.25, -0.2) is 9.45 Å². The lowest BCUT2D eigenvalue weighted by Gasteiger charge is -2.36. The third-order valence-electron chi connectivity index (χ3n) is 3.86. The first-order valence-corrected chi connectivity index (χ1v) is 8.14. The van der Waals surface area contributed by atoms with E-state index >= 15 is 0 Å². The summed E-state index contributed by atoms with van der Waals surface area (Å²) in [6, 6.07) is 15.0. The maximum absolute atomic E-state index is 14.1. The van der Waals surface area contributed by atoms with Crippen LogP contribution in [0.4, 0.5) is 4.39 Å². The van der Waals surface area contributed by atoms with Crippen molar-refractivity contribution in [2.24, 2.45) is 0 Å². The summed E-state index contributed by atoms with van der Waals surface area (Å²) in [5.41, 5.74) is 1.01. The Balaban J connectivity index is 1.77. The fourth-order valence-corrected chi connectivity index (χ4v) is 2.96. The Morgan fingerprint density at radius 3 is 2.62 bits per heavy atom. The highest BCUT2D eigenvalue weighted by molar-refractivity contribution is 7.80. The van der Waals surface area contributed by atoms with E-state index in [9.17, 15) is 9.18 Å². The van der Waals surface area contributed by atoms with Crippen molar-refractivity contribution in [1.29, 1.82) is 0 Å². The topological polar surface area (TPSA) is 41.6 Å². The largest absolute Gasteiger partial charge is 0.297 e. The number of rotatable bonds is 2. The number of benzene rings is 2. The summed E-state index contributed by atoms with van der Waals surface area (Å²) in [7, 11) is 0. The number of carbonyl (C=O) groups excluding carboxylic acids is 1. The number of halogens is 1. The van der Waals surface area contributed by atoms with Crippen LogP contribution in [0.25, 0.3) is 0 Å². The van der Waals surface area contributed by atoms with Crippen LogP contribution in [-0.2, 0) is 4.84 Å². The van der Waals surface area contributed by atoms with Crippen LogP contribution in [0.3, 0.4) is 0 Å². The number of hydroxylamine groups is 2. The van der Waals surface area contributed by atoms with Crippen LogP contribution in [-0.4, -0.2) is 22.7 Å². The van der Waals surface area contributed by atoms with Gasteiger partial charge in [-0.15, -0.1) is 0 Å². The number of amides is 1. The summed E-state index contributed by atoms with van der Waals surface area (Å²) in [6.45, 7) is 0.478. The third-order valence-corrected chi connectivity index (χ3v) is 4.14. The third kappa shape index (κ3) is 3.60. The van der Waals surface area contributed by atoms with Crippen molar-refractivity contribution in [3.05, 3.63) is 71.5 Å². The molecule has 1 saturated heterocycles. The van der Waals surface area contributed by atoms with Gasteiger partial charge in [0, 0.05) is 11.1 Å². The molecule has 1 fully saturated rings. The van der Waals surface area contributed by atoms with Crippen LogP contribution in [0.5, 0.6) is 0 Å². The second-order valence-electron chi connectivity index (χ2n) is 5.46. The summed E-state index contributed by atoms with van der Waals surface area (Å²) in [5.74, 6) is -0.628. The second kappa shape index (κ2) is 7.51. The van der Waals surface area contributed by atoms with Gasteiger partial charge in [-0.1, -0.05) is 36.4 Å². The molecule has 2 aromatic carbocycles. The number of carbonyl (C=O) groups is 1. The van der Waals surface area contributed by atoms with Crippen molar-refractivity contribution in [1.82, 2.24) is 10.4 Å². The standard InChI is InChI=1S/C18H17FN2O2S/c19-15-10-5-4-9-14(15)16-11-6-12-23-21(16)18(24)20-17(22)13-7-2-1-3-8-13/h1-5,7-10,16H,6,11-12H2,(H,20,22,24). The fraction of sp³-hybridized carbons (Fsp3) is 0.222. The van der Waals surface area contributed by atoms with Gasteiger partial charge in [0.25, 0.3) is 5.91 Å². The normalized spacial score (nSPS) is 17.4. The van der Waals surface area contributed by atoms with Crippen LogP contribution in [0.1, 0.15) is 34.8 Å². The monoisotopic (exact) mass is 344 g/mol. The molecule has 4 nitrogen and oxygen atoms in total. The summed E-state index contributed by atoms with van der Waals surface area (Å²) in [4.78, 5) is 17.9. The van der Waals surface area contributed by atoms with Gasteiger partial charge in [-0.05, 0) is 43.3 Å². The van der Waals surface area contributed by atoms with Crippen LogP contribution in [0.15, 0.2) is 54.6 Å². The van der Waals surface area contributed by atoms with E-state index in [2.05, 4.69) is 5.32 Å². The Kier molecular flexibility index (Phi) is 5.17. The SMILES string of the molecule is O=C(NC(=S)N1OCCCC1c1ccccc1F)c1ccccc1. The summed E-state index contributed by atoms with van der Waals surface area (Å²) < 4.78 is 14.1. The Bertz CT molecular complexity index is 739. The van der Waals surface area contributed by atoms with Crippen LogP contribution < -0.4 is 5.32 Å². The molecule has 0 aliphatic carbocycles. The number of nitrogens with zero attached hydrogens (tertiary/aromatic N) is 1. The molecular formula is C18H17FN2O2S. The van der Waals surface area contributed by atoms with Gasteiger partial charge in [0.1, 0.15) is 5.82 Å². The zero-order chi connectivity index (χ0) is 16.9. The van der Waals surface area contributed by atoms with E-state index < -0.39 is 0 Å². The van der Waals surface area contributed by atoms with Gasteiger partial charge < -0.3 is 0 Å². The number of hydrogen-bond acceptors (Lipinski definition) is 3. The van der Waals surface area contributed by atoms with Gasteiger partial charge in [0.15, 0.2) is 0 Å². The molecule has 0 bridgehead atoms. The lowest BCUT2D eigenvalue weighted by atomic mass is 10.0. The molecule has 1 atom stereocenters. The van der Waals surface area contributed by atoms with E-state index in [1.807, 2.05) is 6.07 Å². The Hall–Kier alpha value is -2.31. The number of hydrogen-bond donors (Lipinski definition) is 1. The second-order valence-corrected chi connectivity index (χ2v) is 5.85. The first-order chi connectivity index (χ1) is 11.7. The van der Waals surface area contributed by atoms with Crippen molar-refractivity contribution in [3.8, 4) is 0 Å². The van der Waals surface area contributed by atoms with Crippen molar-refractivity contribution >= 4 is 23.2 Å². The Morgan fingerprint density at radius 1 is 1.17 bits per heavy atom. The van der Waals surface area contributed by atoms with Crippen molar-refractivity contribution in [3.63, 3.8) is 0 Å². The molecule has 0 saturated carbocycles. The maximum Gasteiger partial charge on any atom is 0.257 e. The molecule has 2 aromatic rings. The van der Waals surface area contributed by atoms with E-state index in [0.29, 0.717) is 24.2 Å². The molecule has 1 aliphatic rings. The number of nitrogens with one attached hydrogen (secondary N) is 1. The van der Waals surface area contributed by atoms with Gasteiger partial charge in [-0.3, -0.25) is 14.9 Å². The molecule has 0 aromatic heterocycles. The van der Waals surface area contributed by atoms with E-state index in [-0.39, 0.29) is 22.9 Å². The molecule has 0 radical (unpaired) electrons. The van der Waals surface area contributed by atoms with E-state index in [0.717, 1.165) is 6.42 Å². The molecule has 0 spiro atoms. The minimum Gasteiger partial charge on any atom is -0.297 e. The Morgan fingerprint density at radius 2 is 1.88 bits per heavy atom. The van der Waals surface area contributed by atoms with Crippen molar-refractivity contribution in [2.45, 2.75) is 18.9 Å². The minimum atomic E-state index is -0.358. The van der Waals surface area contributed by atoms with E-state index in [4.69, 9.17) is 17.1 Å². The highest BCUT2D eigenvalue weighted by Crippen LogP contribution is 2.31. The number of thiocarbonyl (C=S) groups is 1. The predicted molar refractivity (Wildman–Crippen MR) is 92.7 cm³/mol. The highest BCUT2D eigenvalue weighted by Gasteiger charge is 2.30. The van der Waals surface area contributed by atoms with Gasteiger partial charge >= 0.3 is 0 Å². The molecule has 1 unspecified atom stereocenters. The molecule has 124 valence electrons.